The van der Waals surface area contributed by atoms with Crippen LogP contribution >= 0.6 is 15.9 Å². The lowest BCUT2D eigenvalue weighted by atomic mass is 10.1. The molecule has 1 aromatic carbocycles. The normalized spacial score (nSPS) is 10.0. The van der Waals surface area contributed by atoms with E-state index in [0.717, 1.165) is 5.56 Å². The number of hydrogen-bond donors (Lipinski definition) is 1. The second-order valence-corrected chi connectivity index (χ2v) is 3.41. The van der Waals surface area contributed by atoms with Crippen molar-refractivity contribution in [2.24, 2.45) is 0 Å². The van der Waals surface area contributed by atoms with E-state index in [0.29, 0.717) is 11.1 Å². The molecule has 1 rings (SSSR count). The van der Waals surface area contributed by atoms with Crippen molar-refractivity contribution in [3.8, 4) is 0 Å². The Kier molecular flexibility index (Phi) is 3.45. The average Bonchev–Trinajstić information content (AvgIpc) is 2.08. The molecule has 0 spiro atoms. The summed E-state index contributed by atoms with van der Waals surface area (Å²) in [5.41, 5.74) is 1.11. The zero-order valence-electron chi connectivity index (χ0n) is 7.08. The van der Waals surface area contributed by atoms with Gasteiger partial charge in [-0.05, 0) is 33.6 Å². The molecule has 3 nitrogen and oxygen atoms in total. The summed E-state index contributed by atoms with van der Waals surface area (Å²) in [6, 6.07) is 5.12. The Labute approximate surface area is 84.5 Å². The van der Waals surface area contributed by atoms with Crippen LogP contribution in [0.25, 0.3) is 0 Å². The monoisotopic (exact) mass is 244 g/mol. The Balaban J connectivity index is 3.04. The number of methoxy groups -OCH3 is 1. The highest BCUT2D eigenvalue weighted by molar-refractivity contribution is 9.10. The van der Waals surface area contributed by atoms with Crippen molar-refractivity contribution in [2.45, 2.75) is 6.61 Å². The summed E-state index contributed by atoms with van der Waals surface area (Å²) in [5.74, 6) is -0.940. The van der Waals surface area contributed by atoms with Crippen molar-refractivity contribution in [1.29, 1.82) is 0 Å². The predicted octanol–water partition coefficient (Wildman–Crippen LogP) is 2.29. The van der Waals surface area contributed by atoms with Gasteiger partial charge in [-0.3, -0.25) is 0 Å². The van der Waals surface area contributed by atoms with Gasteiger partial charge in [0.15, 0.2) is 0 Å². The maximum atomic E-state index is 10.7. The maximum Gasteiger partial charge on any atom is 0.336 e. The average molecular weight is 245 g/mol. The number of hydrogen-bond acceptors (Lipinski definition) is 2. The molecule has 0 heterocycles. The van der Waals surface area contributed by atoms with Gasteiger partial charge in [0.25, 0.3) is 0 Å². The first-order valence-corrected chi connectivity index (χ1v) is 4.45. The topological polar surface area (TPSA) is 46.5 Å². The molecule has 4 heteroatoms. The molecule has 1 N–H and O–H groups in total. The van der Waals surface area contributed by atoms with Gasteiger partial charge >= 0.3 is 5.97 Å². The molecule has 0 fully saturated rings. The van der Waals surface area contributed by atoms with Gasteiger partial charge < -0.3 is 9.84 Å². The number of ether oxygens (including phenoxy) is 1. The van der Waals surface area contributed by atoms with Crippen LogP contribution in [0.4, 0.5) is 0 Å². The number of halogens is 1. The van der Waals surface area contributed by atoms with Crippen molar-refractivity contribution in [1.82, 2.24) is 0 Å². The lowest BCUT2D eigenvalue weighted by molar-refractivity contribution is 0.0695. The number of carboxylic acid groups (broad SMARTS) is 1. The third-order valence-electron chi connectivity index (χ3n) is 1.57. The van der Waals surface area contributed by atoms with E-state index < -0.39 is 5.97 Å². The first-order chi connectivity index (χ1) is 6.15. The summed E-state index contributed by atoms with van der Waals surface area (Å²) in [6.07, 6.45) is 0. The van der Waals surface area contributed by atoms with Crippen LogP contribution in [0.3, 0.4) is 0 Å². The fraction of sp³-hybridized carbons (Fsp3) is 0.222. The molecular weight excluding hydrogens is 236 g/mol. The summed E-state index contributed by atoms with van der Waals surface area (Å²) >= 11 is 3.16. The first-order valence-electron chi connectivity index (χ1n) is 3.66. The van der Waals surface area contributed by atoms with E-state index >= 15 is 0 Å². The van der Waals surface area contributed by atoms with Crippen molar-refractivity contribution < 1.29 is 14.6 Å². The second kappa shape index (κ2) is 4.39. The highest BCUT2D eigenvalue weighted by Gasteiger charge is 2.08. The van der Waals surface area contributed by atoms with E-state index in [1.54, 1.807) is 19.2 Å². The molecule has 0 aliphatic heterocycles. The van der Waals surface area contributed by atoms with Crippen LogP contribution < -0.4 is 0 Å². The SMILES string of the molecule is COCc1ccc(Br)c(C(=O)O)c1. The standard InChI is InChI=1S/C9H9BrO3/c1-13-5-6-2-3-8(10)7(4-6)9(11)12/h2-4H,5H2,1H3,(H,11,12). The van der Waals surface area contributed by atoms with E-state index in [4.69, 9.17) is 9.84 Å². The number of rotatable bonds is 3. The summed E-state index contributed by atoms with van der Waals surface area (Å²) in [4.78, 5) is 10.7. The molecule has 70 valence electrons. The van der Waals surface area contributed by atoms with Gasteiger partial charge in [0.05, 0.1) is 12.2 Å². The Morgan fingerprint density at radius 2 is 2.31 bits per heavy atom. The summed E-state index contributed by atoms with van der Waals surface area (Å²) in [6.45, 7) is 0.424. The minimum atomic E-state index is -0.940. The third kappa shape index (κ3) is 2.54. The Bertz CT molecular complexity index is 323. The lowest BCUT2D eigenvalue weighted by Crippen LogP contribution is -1.99. The van der Waals surface area contributed by atoms with Gasteiger partial charge in [0.2, 0.25) is 0 Å². The van der Waals surface area contributed by atoms with E-state index in [-0.39, 0.29) is 5.56 Å². The van der Waals surface area contributed by atoms with E-state index in [9.17, 15) is 4.79 Å². The smallest absolute Gasteiger partial charge is 0.336 e. The molecule has 0 amide bonds. The Morgan fingerprint density at radius 1 is 1.62 bits per heavy atom. The molecule has 0 bridgehead atoms. The summed E-state index contributed by atoms with van der Waals surface area (Å²) in [7, 11) is 1.57. The van der Waals surface area contributed by atoms with Crippen LogP contribution in [0, 0.1) is 0 Å². The second-order valence-electron chi connectivity index (χ2n) is 2.55. The van der Waals surface area contributed by atoms with Gasteiger partial charge in [-0.25, -0.2) is 4.79 Å². The van der Waals surface area contributed by atoms with Crippen LogP contribution in [0.5, 0.6) is 0 Å². The number of benzene rings is 1. The number of aromatic carboxylic acids is 1. The lowest BCUT2D eigenvalue weighted by Gasteiger charge is -2.02. The fourth-order valence-corrected chi connectivity index (χ4v) is 1.41. The number of carbonyl (C=O) groups is 1. The number of carboxylic acids is 1. The summed E-state index contributed by atoms with van der Waals surface area (Å²) < 4.78 is 5.48. The van der Waals surface area contributed by atoms with Gasteiger partial charge in [-0.1, -0.05) is 6.07 Å². The molecule has 0 saturated heterocycles. The van der Waals surface area contributed by atoms with Gasteiger partial charge in [-0.15, -0.1) is 0 Å². The largest absolute Gasteiger partial charge is 0.478 e. The summed E-state index contributed by atoms with van der Waals surface area (Å²) in [5, 5.41) is 8.79. The van der Waals surface area contributed by atoms with Crippen LogP contribution in [0.15, 0.2) is 22.7 Å². The highest BCUT2D eigenvalue weighted by Crippen LogP contribution is 2.18. The van der Waals surface area contributed by atoms with E-state index in [2.05, 4.69) is 15.9 Å². The molecule has 0 aliphatic rings. The van der Waals surface area contributed by atoms with Crippen LogP contribution in [0.1, 0.15) is 15.9 Å². The zero-order chi connectivity index (χ0) is 9.84. The van der Waals surface area contributed by atoms with E-state index in [1.807, 2.05) is 6.07 Å². The molecule has 0 atom stereocenters. The predicted molar refractivity (Wildman–Crippen MR) is 51.8 cm³/mol. The Hall–Kier alpha value is -0.870. The van der Waals surface area contributed by atoms with Crippen molar-refractivity contribution >= 4 is 21.9 Å². The van der Waals surface area contributed by atoms with Crippen molar-refractivity contribution in [2.75, 3.05) is 7.11 Å². The minimum Gasteiger partial charge on any atom is -0.478 e. The quantitative estimate of drug-likeness (QED) is 0.888. The molecule has 13 heavy (non-hydrogen) atoms. The molecule has 0 aromatic heterocycles. The van der Waals surface area contributed by atoms with Gasteiger partial charge in [0.1, 0.15) is 0 Å². The van der Waals surface area contributed by atoms with Crippen LogP contribution in [0.2, 0.25) is 0 Å². The zero-order valence-corrected chi connectivity index (χ0v) is 8.67. The Morgan fingerprint density at radius 3 is 2.85 bits per heavy atom. The van der Waals surface area contributed by atoms with Gasteiger partial charge in [0, 0.05) is 11.6 Å². The third-order valence-corrected chi connectivity index (χ3v) is 2.26. The fourth-order valence-electron chi connectivity index (χ4n) is 0.993. The maximum absolute atomic E-state index is 10.7. The van der Waals surface area contributed by atoms with E-state index in [1.165, 1.54) is 0 Å². The van der Waals surface area contributed by atoms with Crippen molar-refractivity contribution in [3.05, 3.63) is 33.8 Å². The molecule has 1 aromatic rings. The van der Waals surface area contributed by atoms with Gasteiger partial charge in [-0.2, -0.15) is 0 Å². The van der Waals surface area contributed by atoms with Crippen LogP contribution in [-0.4, -0.2) is 18.2 Å². The first kappa shape index (κ1) is 10.2. The molecule has 0 aliphatic carbocycles. The molecule has 0 saturated carbocycles. The van der Waals surface area contributed by atoms with Crippen molar-refractivity contribution in [3.63, 3.8) is 0 Å². The molecular formula is C9H9BrO3. The molecule has 0 radical (unpaired) electrons. The van der Waals surface area contributed by atoms with Crippen LogP contribution in [-0.2, 0) is 11.3 Å². The minimum absolute atomic E-state index is 0.259. The molecule has 0 unspecified atom stereocenters. The highest BCUT2D eigenvalue weighted by atomic mass is 79.9.